The second-order valence-electron chi connectivity index (χ2n) is 9.21. The lowest BCUT2D eigenvalue weighted by Gasteiger charge is -2.14. The molecule has 4 heterocycles. The van der Waals surface area contributed by atoms with Gasteiger partial charge in [0.05, 0.1) is 29.9 Å². The van der Waals surface area contributed by atoms with Crippen LogP contribution in [-0.4, -0.2) is 41.6 Å². The molecule has 1 aromatic carbocycles. The molecule has 0 N–H and O–H groups in total. The highest BCUT2D eigenvalue weighted by Gasteiger charge is 2.34. The molecule has 0 bridgehead atoms. The molecular weight excluding hydrogens is 511 g/mol. The molecule has 0 unspecified atom stereocenters. The van der Waals surface area contributed by atoms with Gasteiger partial charge in [0.15, 0.2) is 11.5 Å². The number of nitrogens with zero attached hydrogens (tertiary/aromatic N) is 7. The van der Waals surface area contributed by atoms with Gasteiger partial charge in [0.2, 0.25) is 11.8 Å². The smallest absolute Gasteiger partial charge is 0.434 e. The van der Waals surface area contributed by atoms with Gasteiger partial charge >= 0.3 is 6.18 Å². The predicted molar refractivity (Wildman–Crippen MR) is 135 cm³/mol. The van der Waals surface area contributed by atoms with Crippen molar-refractivity contribution >= 4 is 10.9 Å². The summed E-state index contributed by atoms with van der Waals surface area (Å²) in [5.41, 5.74) is 2.49. The van der Waals surface area contributed by atoms with E-state index in [4.69, 9.17) is 19.4 Å². The number of hydrogen-bond donors (Lipinski definition) is 0. The van der Waals surface area contributed by atoms with Crippen molar-refractivity contribution in [1.29, 1.82) is 0 Å². The van der Waals surface area contributed by atoms with Crippen LogP contribution < -0.4 is 9.47 Å². The molecule has 6 rings (SSSR count). The Morgan fingerprint density at radius 3 is 2.49 bits per heavy atom. The summed E-state index contributed by atoms with van der Waals surface area (Å²) in [5.74, 6) is 1.65. The Morgan fingerprint density at radius 1 is 1.00 bits per heavy atom. The number of ether oxygens (including phenoxy) is 2. The highest BCUT2D eigenvalue weighted by atomic mass is 19.4. The summed E-state index contributed by atoms with van der Waals surface area (Å²) in [7, 11) is 3.07. The summed E-state index contributed by atoms with van der Waals surface area (Å²) in [4.78, 5) is 26.1. The van der Waals surface area contributed by atoms with E-state index >= 15 is 0 Å². The van der Waals surface area contributed by atoms with Crippen molar-refractivity contribution in [2.24, 2.45) is 7.05 Å². The highest BCUT2D eigenvalue weighted by Crippen LogP contribution is 2.45. The van der Waals surface area contributed by atoms with Crippen molar-refractivity contribution < 1.29 is 22.6 Å². The van der Waals surface area contributed by atoms with Crippen LogP contribution in [0.2, 0.25) is 0 Å². The zero-order chi connectivity index (χ0) is 27.1. The number of fused-ring (bicyclic) bond motifs is 1. The van der Waals surface area contributed by atoms with E-state index in [1.54, 1.807) is 49.8 Å². The SMILES string of the molecule is COc1ncnc(C2CC2)c1-c1nc(OCc2ccc(-c3nc(C(F)(F)F)cn3C)cc2)c2ccncc2n1. The highest BCUT2D eigenvalue weighted by molar-refractivity contribution is 5.85. The van der Waals surface area contributed by atoms with E-state index in [0.717, 1.165) is 30.3 Å². The first kappa shape index (κ1) is 24.7. The van der Waals surface area contributed by atoms with Crippen LogP contribution in [0.4, 0.5) is 13.2 Å². The molecule has 0 atom stereocenters. The van der Waals surface area contributed by atoms with Gasteiger partial charge in [-0.1, -0.05) is 24.3 Å². The molecule has 1 saturated carbocycles. The summed E-state index contributed by atoms with van der Waals surface area (Å²) >= 11 is 0. The van der Waals surface area contributed by atoms with Crippen LogP contribution in [0.25, 0.3) is 33.7 Å². The fraction of sp³-hybridized carbons (Fsp3) is 0.259. The first-order chi connectivity index (χ1) is 18.8. The largest absolute Gasteiger partial charge is 0.480 e. The molecule has 198 valence electrons. The predicted octanol–water partition coefficient (Wildman–Crippen LogP) is 5.37. The number of imidazole rings is 1. The maximum absolute atomic E-state index is 13.1. The molecule has 4 aromatic heterocycles. The van der Waals surface area contributed by atoms with E-state index in [9.17, 15) is 13.2 Å². The van der Waals surface area contributed by atoms with E-state index in [1.165, 1.54) is 17.9 Å². The van der Waals surface area contributed by atoms with E-state index in [2.05, 4.69) is 19.9 Å². The van der Waals surface area contributed by atoms with Crippen LogP contribution in [0.3, 0.4) is 0 Å². The van der Waals surface area contributed by atoms with Crippen LogP contribution in [0, 0.1) is 0 Å². The maximum Gasteiger partial charge on any atom is 0.434 e. The van der Waals surface area contributed by atoms with Gasteiger partial charge in [-0.3, -0.25) is 4.98 Å². The van der Waals surface area contributed by atoms with Crippen molar-refractivity contribution in [3.8, 4) is 34.5 Å². The number of methoxy groups -OCH3 is 1. The molecule has 0 spiro atoms. The van der Waals surface area contributed by atoms with Crippen molar-refractivity contribution in [2.75, 3.05) is 7.11 Å². The Kier molecular flexibility index (Phi) is 6.09. The monoisotopic (exact) mass is 533 g/mol. The number of alkyl halides is 3. The van der Waals surface area contributed by atoms with Gasteiger partial charge in [-0.25, -0.2) is 19.9 Å². The molecule has 9 nitrogen and oxygen atoms in total. The van der Waals surface area contributed by atoms with E-state index < -0.39 is 11.9 Å². The molecule has 5 aromatic rings. The van der Waals surface area contributed by atoms with Crippen LogP contribution in [0.5, 0.6) is 11.8 Å². The van der Waals surface area contributed by atoms with Crippen LogP contribution in [0.1, 0.15) is 35.7 Å². The molecule has 1 aliphatic rings. The van der Waals surface area contributed by atoms with Gasteiger partial charge in [0.1, 0.15) is 24.3 Å². The number of pyridine rings is 1. The quantitative estimate of drug-likeness (QED) is 0.275. The average molecular weight is 534 g/mol. The maximum atomic E-state index is 13.1. The number of halogens is 3. The molecule has 0 saturated heterocycles. The van der Waals surface area contributed by atoms with Gasteiger partial charge in [0, 0.05) is 30.9 Å². The van der Waals surface area contributed by atoms with Crippen molar-refractivity contribution in [3.63, 3.8) is 0 Å². The second kappa shape index (κ2) is 9.61. The summed E-state index contributed by atoms with van der Waals surface area (Å²) in [6, 6.07) is 8.76. The normalized spacial score (nSPS) is 13.6. The third kappa shape index (κ3) is 4.85. The molecule has 12 heteroatoms. The molecule has 0 radical (unpaired) electrons. The summed E-state index contributed by atoms with van der Waals surface area (Å²) in [6.07, 6.45) is 3.27. The first-order valence-corrected chi connectivity index (χ1v) is 12.2. The minimum Gasteiger partial charge on any atom is -0.480 e. The Morgan fingerprint density at radius 2 is 1.79 bits per heavy atom. The number of aromatic nitrogens is 7. The van der Waals surface area contributed by atoms with Gasteiger partial charge in [-0.05, 0) is 24.5 Å². The lowest BCUT2D eigenvalue weighted by molar-refractivity contribution is -0.140. The molecule has 39 heavy (non-hydrogen) atoms. The third-order valence-corrected chi connectivity index (χ3v) is 6.44. The standard InChI is InChI=1S/C27H22F3N7O2/c1-37-12-20(27(28,29)30)35-24(37)17-5-3-15(4-6-17)13-39-25-18-9-10-31-11-19(18)34-23(36-25)21-22(16-7-8-16)32-14-33-26(21)38-2/h3-6,9-12,14,16H,7-8,13H2,1-2H3. The van der Waals surface area contributed by atoms with Gasteiger partial charge in [-0.15, -0.1) is 0 Å². The van der Waals surface area contributed by atoms with E-state index in [1.807, 2.05) is 0 Å². The summed E-state index contributed by atoms with van der Waals surface area (Å²) < 4.78 is 52.2. The molecular formula is C27H22F3N7O2. The minimum atomic E-state index is -4.51. The third-order valence-electron chi connectivity index (χ3n) is 6.44. The van der Waals surface area contributed by atoms with Crippen LogP contribution in [-0.2, 0) is 19.8 Å². The fourth-order valence-electron chi connectivity index (χ4n) is 4.36. The van der Waals surface area contributed by atoms with Gasteiger partial charge in [0.25, 0.3) is 0 Å². The Bertz CT molecular complexity index is 1670. The zero-order valence-electron chi connectivity index (χ0n) is 21.0. The second-order valence-corrected chi connectivity index (χ2v) is 9.21. The number of aryl methyl sites for hydroxylation is 1. The lowest BCUT2D eigenvalue weighted by atomic mass is 10.1. The molecule has 0 aliphatic heterocycles. The van der Waals surface area contributed by atoms with Crippen LogP contribution in [0.15, 0.2) is 55.2 Å². The van der Waals surface area contributed by atoms with Gasteiger partial charge in [-0.2, -0.15) is 18.2 Å². The number of rotatable bonds is 7. The first-order valence-electron chi connectivity index (χ1n) is 12.2. The van der Waals surface area contributed by atoms with Crippen molar-refractivity contribution in [3.05, 3.63) is 72.2 Å². The van der Waals surface area contributed by atoms with Crippen molar-refractivity contribution in [2.45, 2.75) is 31.5 Å². The molecule has 1 aliphatic carbocycles. The number of benzene rings is 1. The van der Waals surface area contributed by atoms with Crippen LogP contribution >= 0.6 is 0 Å². The lowest BCUT2D eigenvalue weighted by Crippen LogP contribution is -2.05. The average Bonchev–Trinajstić information content (AvgIpc) is 3.71. The van der Waals surface area contributed by atoms with Gasteiger partial charge < -0.3 is 14.0 Å². The van der Waals surface area contributed by atoms with E-state index in [0.29, 0.717) is 45.5 Å². The topological polar surface area (TPSA) is 101 Å². The fourth-order valence-corrected chi connectivity index (χ4v) is 4.36. The summed E-state index contributed by atoms with van der Waals surface area (Å²) in [6.45, 7) is 0.167. The minimum absolute atomic E-state index is 0.167. The Labute approximate surface area is 220 Å². The Hall–Kier alpha value is -4.61. The molecule has 1 fully saturated rings. The van der Waals surface area contributed by atoms with E-state index in [-0.39, 0.29) is 12.4 Å². The van der Waals surface area contributed by atoms with Crippen molar-refractivity contribution in [1.82, 2.24) is 34.5 Å². The Balaban J connectivity index is 1.30. The molecule has 0 amide bonds. The summed E-state index contributed by atoms with van der Waals surface area (Å²) in [5, 5.41) is 0.682. The number of hydrogen-bond acceptors (Lipinski definition) is 8. The zero-order valence-corrected chi connectivity index (χ0v) is 21.0.